The lowest BCUT2D eigenvalue weighted by atomic mass is 9.72. The molecule has 1 fully saturated rings. The first-order chi connectivity index (χ1) is 6.41. The van der Waals surface area contributed by atoms with E-state index in [9.17, 15) is 5.11 Å². The molecule has 1 aliphatic heterocycles. The highest BCUT2D eigenvalue weighted by Crippen LogP contribution is 2.38. The van der Waals surface area contributed by atoms with Crippen LogP contribution in [0.25, 0.3) is 0 Å². The molecule has 0 aliphatic carbocycles. The molecule has 0 radical (unpaired) electrons. The maximum Gasteiger partial charge on any atom is 0.0840 e. The Kier molecular flexibility index (Phi) is 3.18. The first kappa shape index (κ1) is 11.5. The third-order valence-corrected chi connectivity index (χ3v) is 3.48. The molecule has 14 heavy (non-hydrogen) atoms. The minimum absolute atomic E-state index is 0.641. The molecule has 3 heteroatoms. The van der Waals surface area contributed by atoms with Crippen LogP contribution in [0.5, 0.6) is 0 Å². The van der Waals surface area contributed by atoms with Crippen LogP contribution in [-0.2, 0) is 0 Å². The van der Waals surface area contributed by atoms with Crippen LogP contribution in [0.3, 0.4) is 0 Å². The average molecular weight is 196 g/mol. The fourth-order valence-corrected chi connectivity index (χ4v) is 1.98. The lowest BCUT2D eigenvalue weighted by Crippen LogP contribution is -2.44. The van der Waals surface area contributed by atoms with Gasteiger partial charge in [0, 0.05) is 6.54 Å². The summed E-state index contributed by atoms with van der Waals surface area (Å²) in [6.07, 6.45) is 2.40. The lowest BCUT2D eigenvalue weighted by molar-refractivity contribution is -0.0499. The Balaban J connectivity index is 2.79. The Hall–Kier alpha value is -0.590. The Bertz CT molecular complexity index is 244. The van der Waals surface area contributed by atoms with Gasteiger partial charge in [-0.1, -0.05) is 0 Å². The zero-order valence-electron chi connectivity index (χ0n) is 9.38. The fourth-order valence-electron chi connectivity index (χ4n) is 1.98. The standard InChI is InChI=1S/C11H20N2O/c1-10(2,9-12)11(14)5-4-7-13(3)8-6-11/h14H,4-8H2,1-3H3. The van der Waals surface area contributed by atoms with Gasteiger partial charge in [-0.3, -0.25) is 0 Å². The van der Waals surface area contributed by atoms with Gasteiger partial charge in [-0.25, -0.2) is 0 Å². The minimum atomic E-state index is -0.813. The molecule has 80 valence electrons. The average Bonchev–Trinajstić information content (AvgIpc) is 2.30. The van der Waals surface area contributed by atoms with Gasteiger partial charge in [0.2, 0.25) is 0 Å². The molecule has 0 spiro atoms. The van der Waals surface area contributed by atoms with E-state index >= 15 is 0 Å². The summed E-state index contributed by atoms with van der Waals surface area (Å²) < 4.78 is 0. The fraction of sp³-hybridized carbons (Fsp3) is 0.909. The van der Waals surface area contributed by atoms with Crippen LogP contribution < -0.4 is 0 Å². The second-order valence-electron chi connectivity index (χ2n) is 4.93. The highest BCUT2D eigenvalue weighted by atomic mass is 16.3. The van der Waals surface area contributed by atoms with Crippen molar-refractivity contribution in [2.24, 2.45) is 5.41 Å². The number of nitriles is 1. The molecule has 1 aliphatic rings. The van der Waals surface area contributed by atoms with E-state index in [2.05, 4.69) is 18.0 Å². The summed E-state index contributed by atoms with van der Waals surface area (Å²) in [7, 11) is 2.06. The van der Waals surface area contributed by atoms with Gasteiger partial charge in [-0.2, -0.15) is 5.26 Å². The van der Waals surface area contributed by atoms with Crippen molar-refractivity contribution in [1.29, 1.82) is 5.26 Å². The summed E-state index contributed by atoms with van der Waals surface area (Å²) in [6, 6.07) is 2.23. The molecule has 1 rings (SSSR count). The quantitative estimate of drug-likeness (QED) is 0.689. The van der Waals surface area contributed by atoms with Gasteiger partial charge in [-0.15, -0.1) is 0 Å². The number of aliphatic hydroxyl groups is 1. The Morgan fingerprint density at radius 2 is 2.00 bits per heavy atom. The molecule has 0 amide bonds. The van der Waals surface area contributed by atoms with Gasteiger partial charge in [-0.05, 0) is 46.7 Å². The number of hydrogen-bond acceptors (Lipinski definition) is 3. The summed E-state index contributed by atoms with van der Waals surface area (Å²) >= 11 is 0. The summed E-state index contributed by atoms with van der Waals surface area (Å²) in [4.78, 5) is 2.21. The molecule has 0 aromatic rings. The van der Waals surface area contributed by atoms with Crippen LogP contribution >= 0.6 is 0 Å². The summed E-state index contributed by atoms with van der Waals surface area (Å²) in [6.45, 7) is 5.56. The first-order valence-corrected chi connectivity index (χ1v) is 5.23. The van der Waals surface area contributed by atoms with Crippen molar-refractivity contribution in [1.82, 2.24) is 4.90 Å². The largest absolute Gasteiger partial charge is 0.388 e. The topological polar surface area (TPSA) is 47.3 Å². The zero-order chi connectivity index (χ0) is 10.8. The SMILES string of the molecule is CN1CCCC(O)(C(C)(C)C#N)CC1. The second-order valence-corrected chi connectivity index (χ2v) is 4.93. The summed E-state index contributed by atoms with van der Waals surface area (Å²) in [5.74, 6) is 0. The van der Waals surface area contributed by atoms with Crippen LogP contribution in [0, 0.1) is 16.7 Å². The van der Waals surface area contributed by atoms with Gasteiger partial charge < -0.3 is 10.0 Å². The molecule has 1 saturated heterocycles. The van der Waals surface area contributed by atoms with Crippen LogP contribution in [0.15, 0.2) is 0 Å². The number of nitrogens with zero attached hydrogens (tertiary/aromatic N) is 2. The predicted octanol–water partition coefficient (Wildman–Crippen LogP) is 1.38. The maximum absolute atomic E-state index is 10.4. The third-order valence-electron chi connectivity index (χ3n) is 3.48. The molecular formula is C11H20N2O. The van der Waals surface area contributed by atoms with E-state index in [1.807, 2.05) is 13.8 Å². The van der Waals surface area contributed by atoms with E-state index in [0.29, 0.717) is 6.42 Å². The molecule has 3 nitrogen and oxygen atoms in total. The van der Waals surface area contributed by atoms with Crippen molar-refractivity contribution in [2.75, 3.05) is 20.1 Å². The van der Waals surface area contributed by atoms with E-state index in [-0.39, 0.29) is 0 Å². The Morgan fingerprint density at radius 1 is 1.36 bits per heavy atom. The van der Waals surface area contributed by atoms with E-state index in [1.165, 1.54) is 0 Å². The predicted molar refractivity (Wildman–Crippen MR) is 55.7 cm³/mol. The first-order valence-electron chi connectivity index (χ1n) is 5.23. The van der Waals surface area contributed by atoms with Crippen LogP contribution in [-0.4, -0.2) is 35.7 Å². The third kappa shape index (κ3) is 2.08. The van der Waals surface area contributed by atoms with Crippen molar-refractivity contribution in [3.05, 3.63) is 0 Å². The van der Waals surface area contributed by atoms with E-state index in [0.717, 1.165) is 25.9 Å². The molecule has 1 atom stereocenters. The Morgan fingerprint density at radius 3 is 2.57 bits per heavy atom. The molecule has 1 N–H and O–H groups in total. The normalized spacial score (nSPS) is 30.8. The van der Waals surface area contributed by atoms with Crippen LogP contribution in [0.2, 0.25) is 0 Å². The minimum Gasteiger partial charge on any atom is -0.388 e. The van der Waals surface area contributed by atoms with Crippen LogP contribution in [0.4, 0.5) is 0 Å². The highest BCUT2D eigenvalue weighted by Gasteiger charge is 2.44. The van der Waals surface area contributed by atoms with Crippen molar-refractivity contribution in [3.63, 3.8) is 0 Å². The van der Waals surface area contributed by atoms with Gasteiger partial charge in [0.15, 0.2) is 0 Å². The highest BCUT2D eigenvalue weighted by molar-refractivity contribution is 5.07. The lowest BCUT2D eigenvalue weighted by Gasteiger charge is -2.37. The molecule has 0 saturated carbocycles. The molecule has 1 heterocycles. The van der Waals surface area contributed by atoms with Gasteiger partial charge >= 0.3 is 0 Å². The number of hydrogen-bond donors (Lipinski definition) is 1. The molecule has 1 unspecified atom stereocenters. The molecule has 0 aromatic heterocycles. The monoisotopic (exact) mass is 196 g/mol. The van der Waals surface area contributed by atoms with E-state index in [4.69, 9.17) is 5.26 Å². The van der Waals surface area contributed by atoms with Gasteiger partial charge in [0.25, 0.3) is 0 Å². The zero-order valence-corrected chi connectivity index (χ0v) is 9.38. The Labute approximate surface area is 86.3 Å². The maximum atomic E-state index is 10.4. The van der Waals surface area contributed by atoms with Crippen LogP contribution in [0.1, 0.15) is 33.1 Å². The van der Waals surface area contributed by atoms with Gasteiger partial charge in [0.05, 0.1) is 17.1 Å². The number of rotatable bonds is 1. The molecular weight excluding hydrogens is 176 g/mol. The van der Waals surface area contributed by atoms with Gasteiger partial charge in [0.1, 0.15) is 0 Å². The summed E-state index contributed by atoms with van der Waals surface area (Å²) in [5, 5.41) is 19.5. The summed E-state index contributed by atoms with van der Waals surface area (Å²) in [5.41, 5.74) is -1.45. The smallest absolute Gasteiger partial charge is 0.0840 e. The van der Waals surface area contributed by atoms with Crippen molar-refractivity contribution in [3.8, 4) is 6.07 Å². The molecule has 0 bridgehead atoms. The van der Waals surface area contributed by atoms with E-state index in [1.54, 1.807) is 0 Å². The molecule has 0 aromatic carbocycles. The van der Waals surface area contributed by atoms with Crippen molar-refractivity contribution in [2.45, 2.75) is 38.7 Å². The number of likely N-dealkylation sites (tertiary alicyclic amines) is 1. The van der Waals surface area contributed by atoms with Crippen molar-refractivity contribution >= 4 is 0 Å². The van der Waals surface area contributed by atoms with Crippen molar-refractivity contribution < 1.29 is 5.11 Å². The second kappa shape index (κ2) is 3.88. The van der Waals surface area contributed by atoms with E-state index < -0.39 is 11.0 Å².